The number of aliphatic hydroxyl groups is 1. The molecule has 0 spiro atoms. The molecule has 0 aromatic carbocycles. The van der Waals surface area contributed by atoms with Crippen molar-refractivity contribution in [2.45, 2.75) is 38.2 Å². The number of halogens is 1. The number of terminal acetylenes is 1. The van der Waals surface area contributed by atoms with Gasteiger partial charge in [0, 0.05) is 12.3 Å². The minimum atomic E-state index is -0.206. The zero-order valence-electron chi connectivity index (χ0n) is 6.72. The normalized spacial score (nSPS) is 12.5. The summed E-state index contributed by atoms with van der Waals surface area (Å²) < 4.78 is 0. The van der Waals surface area contributed by atoms with Crippen LogP contribution in [-0.4, -0.2) is 17.1 Å². The average molecular weight is 175 g/mol. The lowest BCUT2D eigenvalue weighted by atomic mass is 10.1. The van der Waals surface area contributed by atoms with Gasteiger partial charge in [-0.2, -0.15) is 0 Å². The Morgan fingerprint density at radius 1 is 1.36 bits per heavy atom. The van der Waals surface area contributed by atoms with Crippen molar-refractivity contribution in [2.24, 2.45) is 0 Å². The maximum Gasteiger partial charge on any atom is 0.0541 e. The zero-order chi connectivity index (χ0) is 8.53. The molecule has 0 fully saturated rings. The van der Waals surface area contributed by atoms with E-state index in [-0.39, 0.29) is 6.10 Å². The summed E-state index contributed by atoms with van der Waals surface area (Å²) in [6, 6.07) is 0. The highest BCUT2D eigenvalue weighted by atomic mass is 35.5. The summed E-state index contributed by atoms with van der Waals surface area (Å²) >= 11 is 5.46. The molecule has 0 saturated heterocycles. The van der Waals surface area contributed by atoms with E-state index in [1.54, 1.807) is 0 Å². The SMILES string of the molecule is C#CCCCC(O)CCCCl. The minimum Gasteiger partial charge on any atom is -0.393 e. The summed E-state index contributed by atoms with van der Waals surface area (Å²) in [7, 11) is 0. The van der Waals surface area contributed by atoms with E-state index in [0.717, 1.165) is 32.1 Å². The molecule has 0 amide bonds. The van der Waals surface area contributed by atoms with Gasteiger partial charge in [-0.15, -0.1) is 23.9 Å². The molecular weight excluding hydrogens is 160 g/mol. The molecule has 0 aliphatic rings. The minimum absolute atomic E-state index is 0.206. The Labute approximate surface area is 73.8 Å². The van der Waals surface area contributed by atoms with E-state index in [0.29, 0.717) is 5.88 Å². The smallest absolute Gasteiger partial charge is 0.0541 e. The topological polar surface area (TPSA) is 20.2 Å². The largest absolute Gasteiger partial charge is 0.393 e. The van der Waals surface area contributed by atoms with Crippen molar-refractivity contribution < 1.29 is 5.11 Å². The summed E-state index contributed by atoms with van der Waals surface area (Å²) in [6.45, 7) is 0. The molecule has 0 aliphatic heterocycles. The van der Waals surface area contributed by atoms with Gasteiger partial charge in [0.05, 0.1) is 6.10 Å². The molecule has 0 heterocycles. The van der Waals surface area contributed by atoms with E-state index in [1.807, 2.05) is 0 Å². The van der Waals surface area contributed by atoms with Crippen LogP contribution in [0.15, 0.2) is 0 Å². The maximum atomic E-state index is 9.28. The Hall–Kier alpha value is -0.190. The monoisotopic (exact) mass is 174 g/mol. The van der Waals surface area contributed by atoms with Crippen LogP contribution in [0.25, 0.3) is 0 Å². The highest BCUT2D eigenvalue weighted by molar-refractivity contribution is 6.17. The van der Waals surface area contributed by atoms with Gasteiger partial charge in [0.1, 0.15) is 0 Å². The molecule has 2 heteroatoms. The fourth-order valence-electron chi connectivity index (χ4n) is 0.897. The van der Waals surface area contributed by atoms with Crippen LogP contribution in [0.2, 0.25) is 0 Å². The molecule has 0 aliphatic carbocycles. The molecule has 1 N–H and O–H groups in total. The number of aliphatic hydroxyl groups excluding tert-OH is 1. The quantitative estimate of drug-likeness (QED) is 0.372. The second kappa shape index (κ2) is 7.91. The number of rotatable bonds is 6. The van der Waals surface area contributed by atoms with Crippen molar-refractivity contribution in [2.75, 3.05) is 5.88 Å². The molecule has 1 atom stereocenters. The van der Waals surface area contributed by atoms with Crippen LogP contribution in [0, 0.1) is 12.3 Å². The number of hydrogen-bond donors (Lipinski definition) is 1. The molecule has 0 aromatic heterocycles. The molecule has 1 nitrogen and oxygen atoms in total. The number of hydrogen-bond acceptors (Lipinski definition) is 1. The lowest BCUT2D eigenvalue weighted by Gasteiger charge is -2.06. The Bertz CT molecular complexity index is 117. The van der Waals surface area contributed by atoms with Crippen LogP contribution in [0.5, 0.6) is 0 Å². The second-order valence-electron chi connectivity index (χ2n) is 2.58. The van der Waals surface area contributed by atoms with Crippen LogP contribution < -0.4 is 0 Å². The van der Waals surface area contributed by atoms with E-state index >= 15 is 0 Å². The zero-order valence-corrected chi connectivity index (χ0v) is 7.48. The highest BCUT2D eigenvalue weighted by Crippen LogP contribution is 2.06. The standard InChI is InChI=1S/C9H15ClO/c1-2-3-4-6-9(11)7-5-8-10/h1,9,11H,3-8H2. The van der Waals surface area contributed by atoms with Gasteiger partial charge in [-0.25, -0.2) is 0 Å². The lowest BCUT2D eigenvalue weighted by Crippen LogP contribution is -2.05. The van der Waals surface area contributed by atoms with E-state index in [1.165, 1.54) is 0 Å². The summed E-state index contributed by atoms with van der Waals surface area (Å²) in [6.07, 6.45) is 9.03. The van der Waals surface area contributed by atoms with Crippen molar-refractivity contribution in [3.63, 3.8) is 0 Å². The first kappa shape index (κ1) is 10.8. The van der Waals surface area contributed by atoms with Crippen molar-refractivity contribution in [1.82, 2.24) is 0 Å². The molecular formula is C9H15ClO. The molecule has 1 unspecified atom stereocenters. The third kappa shape index (κ3) is 7.71. The van der Waals surface area contributed by atoms with Gasteiger partial charge >= 0.3 is 0 Å². The second-order valence-corrected chi connectivity index (χ2v) is 2.96. The molecule has 0 rings (SSSR count). The number of alkyl halides is 1. The molecule has 0 saturated carbocycles. The first-order valence-electron chi connectivity index (χ1n) is 3.98. The third-order valence-corrected chi connectivity index (χ3v) is 1.80. The van der Waals surface area contributed by atoms with E-state index in [2.05, 4.69) is 5.92 Å². The van der Waals surface area contributed by atoms with Crippen molar-refractivity contribution >= 4 is 11.6 Å². The first-order valence-corrected chi connectivity index (χ1v) is 4.52. The molecule has 0 radical (unpaired) electrons. The van der Waals surface area contributed by atoms with Gasteiger partial charge < -0.3 is 5.11 Å². The Kier molecular flexibility index (Phi) is 7.78. The van der Waals surface area contributed by atoms with Crippen LogP contribution in [0.3, 0.4) is 0 Å². The predicted molar refractivity (Wildman–Crippen MR) is 48.6 cm³/mol. The first-order chi connectivity index (χ1) is 5.31. The summed E-state index contributed by atoms with van der Waals surface area (Å²) in [5, 5.41) is 9.28. The third-order valence-electron chi connectivity index (χ3n) is 1.53. The van der Waals surface area contributed by atoms with Gasteiger partial charge in [0.15, 0.2) is 0 Å². The van der Waals surface area contributed by atoms with Crippen LogP contribution in [0.1, 0.15) is 32.1 Å². The van der Waals surface area contributed by atoms with Gasteiger partial charge in [-0.1, -0.05) is 0 Å². The summed E-state index contributed by atoms with van der Waals surface area (Å²) in [4.78, 5) is 0. The molecule has 11 heavy (non-hydrogen) atoms. The Balaban J connectivity index is 3.10. The summed E-state index contributed by atoms with van der Waals surface area (Å²) in [5.74, 6) is 3.17. The van der Waals surface area contributed by atoms with E-state index < -0.39 is 0 Å². The van der Waals surface area contributed by atoms with Crippen molar-refractivity contribution in [3.8, 4) is 12.3 Å². The van der Waals surface area contributed by atoms with Crippen LogP contribution >= 0.6 is 11.6 Å². The van der Waals surface area contributed by atoms with Gasteiger partial charge in [-0.3, -0.25) is 0 Å². The molecule has 0 aromatic rings. The fraction of sp³-hybridized carbons (Fsp3) is 0.778. The van der Waals surface area contributed by atoms with E-state index in [4.69, 9.17) is 18.0 Å². The fourth-order valence-corrected chi connectivity index (χ4v) is 1.05. The van der Waals surface area contributed by atoms with Gasteiger partial charge in [0.25, 0.3) is 0 Å². The van der Waals surface area contributed by atoms with Crippen LogP contribution in [-0.2, 0) is 0 Å². The maximum absolute atomic E-state index is 9.28. The van der Waals surface area contributed by atoms with Gasteiger partial charge in [-0.05, 0) is 25.7 Å². The predicted octanol–water partition coefficient (Wildman–Crippen LogP) is 2.17. The molecule has 64 valence electrons. The highest BCUT2D eigenvalue weighted by Gasteiger charge is 2.01. The van der Waals surface area contributed by atoms with Crippen molar-refractivity contribution in [1.29, 1.82) is 0 Å². The van der Waals surface area contributed by atoms with Crippen LogP contribution in [0.4, 0.5) is 0 Å². The lowest BCUT2D eigenvalue weighted by molar-refractivity contribution is 0.152. The Morgan fingerprint density at radius 3 is 2.55 bits per heavy atom. The average Bonchev–Trinajstić information content (AvgIpc) is 2.01. The Morgan fingerprint density at radius 2 is 2.00 bits per heavy atom. The van der Waals surface area contributed by atoms with Crippen molar-refractivity contribution in [3.05, 3.63) is 0 Å². The molecule has 0 bridgehead atoms. The van der Waals surface area contributed by atoms with E-state index in [9.17, 15) is 5.11 Å². The number of unbranched alkanes of at least 4 members (excludes halogenated alkanes) is 1. The summed E-state index contributed by atoms with van der Waals surface area (Å²) in [5.41, 5.74) is 0. The van der Waals surface area contributed by atoms with Gasteiger partial charge in [0.2, 0.25) is 0 Å².